The molecule has 2 aromatic heterocycles. The highest BCUT2D eigenvalue weighted by atomic mass is 79.9. The first kappa shape index (κ1) is 11.2. The van der Waals surface area contributed by atoms with E-state index < -0.39 is 0 Å². The van der Waals surface area contributed by atoms with Crippen molar-refractivity contribution in [3.63, 3.8) is 0 Å². The van der Waals surface area contributed by atoms with Crippen LogP contribution in [0.3, 0.4) is 0 Å². The maximum Gasteiger partial charge on any atom is 0.177 e. The smallest absolute Gasteiger partial charge is 0.177 e. The van der Waals surface area contributed by atoms with E-state index in [1.807, 2.05) is 6.07 Å². The van der Waals surface area contributed by atoms with Crippen LogP contribution in [-0.4, -0.2) is 20.5 Å². The predicted octanol–water partition coefficient (Wildman–Crippen LogP) is 2.53. The summed E-state index contributed by atoms with van der Waals surface area (Å²) in [5.74, 6) is 0.954. The zero-order valence-electron chi connectivity index (χ0n) is 9.54. The summed E-state index contributed by atoms with van der Waals surface area (Å²) in [6.07, 6.45) is 7.26. The zero-order chi connectivity index (χ0) is 11.9. The van der Waals surface area contributed by atoms with Crippen molar-refractivity contribution >= 4 is 27.1 Å². The highest BCUT2D eigenvalue weighted by molar-refractivity contribution is 9.10. The number of aromatic amines is 1. The maximum atomic E-state index is 6.35. The van der Waals surface area contributed by atoms with Crippen molar-refractivity contribution in [2.24, 2.45) is 5.73 Å². The standard InChI is InChI=1S/C12H15BrN4/c13-8-5-9-11(15-7-8)17-10(16-9)6-12(14)3-1-2-4-12/h5,7H,1-4,6,14H2,(H,15,16,17). The normalized spacial score (nSPS) is 18.9. The van der Waals surface area contributed by atoms with Gasteiger partial charge < -0.3 is 10.7 Å². The van der Waals surface area contributed by atoms with Crippen molar-refractivity contribution in [2.75, 3.05) is 0 Å². The number of H-pyrrole nitrogens is 1. The van der Waals surface area contributed by atoms with E-state index in [0.29, 0.717) is 0 Å². The highest BCUT2D eigenvalue weighted by Crippen LogP contribution is 2.30. The first-order chi connectivity index (χ1) is 8.15. The number of rotatable bonds is 2. The van der Waals surface area contributed by atoms with Gasteiger partial charge >= 0.3 is 0 Å². The molecular formula is C12H15BrN4. The highest BCUT2D eigenvalue weighted by Gasteiger charge is 2.30. The Hall–Kier alpha value is -0.940. The fraction of sp³-hybridized carbons (Fsp3) is 0.500. The minimum absolute atomic E-state index is 0.0644. The lowest BCUT2D eigenvalue weighted by atomic mass is 9.94. The molecule has 3 N–H and O–H groups in total. The van der Waals surface area contributed by atoms with Gasteiger partial charge in [0.15, 0.2) is 5.65 Å². The first-order valence-electron chi connectivity index (χ1n) is 5.94. The van der Waals surface area contributed by atoms with Gasteiger partial charge in [-0.05, 0) is 34.8 Å². The topological polar surface area (TPSA) is 67.6 Å². The van der Waals surface area contributed by atoms with E-state index in [0.717, 1.165) is 40.7 Å². The molecule has 17 heavy (non-hydrogen) atoms. The van der Waals surface area contributed by atoms with Crippen LogP contribution in [0.5, 0.6) is 0 Å². The summed E-state index contributed by atoms with van der Waals surface area (Å²) < 4.78 is 0.962. The molecular weight excluding hydrogens is 280 g/mol. The van der Waals surface area contributed by atoms with E-state index in [2.05, 4.69) is 30.9 Å². The van der Waals surface area contributed by atoms with Gasteiger partial charge in [0.05, 0.1) is 5.52 Å². The molecule has 1 aliphatic carbocycles. The summed E-state index contributed by atoms with van der Waals surface area (Å²) in [4.78, 5) is 12.1. The predicted molar refractivity (Wildman–Crippen MR) is 70.7 cm³/mol. The minimum Gasteiger partial charge on any atom is -0.341 e. The molecule has 3 rings (SSSR count). The van der Waals surface area contributed by atoms with E-state index in [1.54, 1.807) is 6.20 Å². The molecule has 0 atom stereocenters. The van der Waals surface area contributed by atoms with E-state index in [4.69, 9.17) is 5.73 Å². The van der Waals surface area contributed by atoms with Crippen molar-refractivity contribution in [3.05, 3.63) is 22.6 Å². The van der Waals surface area contributed by atoms with Crippen LogP contribution < -0.4 is 5.73 Å². The molecule has 0 unspecified atom stereocenters. The van der Waals surface area contributed by atoms with Crippen molar-refractivity contribution in [3.8, 4) is 0 Å². The van der Waals surface area contributed by atoms with Crippen LogP contribution in [0.15, 0.2) is 16.7 Å². The number of pyridine rings is 1. The number of hydrogen-bond donors (Lipinski definition) is 2. The van der Waals surface area contributed by atoms with Crippen LogP contribution in [0, 0.1) is 0 Å². The Balaban J connectivity index is 1.90. The third-order valence-electron chi connectivity index (χ3n) is 3.47. The van der Waals surface area contributed by atoms with Gasteiger partial charge in [-0.3, -0.25) is 0 Å². The van der Waals surface area contributed by atoms with Gasteiger partial charge in [-0.2, -0.15) is 0 Å². The van der Waals surface area contributed by atoms with Crippen LogP contribution >= 0.6 is 15.9 Å². The fourth-order valence-electron chi connectivity index (χ4n) is 2.60. The van der Waals surface area contributed by atoms with Crippen molar-refractivity contribution < 1.29 is 0 Å². The average Bonchev–Trinajstić information content (AvgIpc) is 2.84. The Morgan fingerprint density at radius 3 is 2.94 bits per heavy atom. The van der Waals surface area contributed by atoms with E-state index in [-0.39, 0.29) is 5.54 Å². The summed E-state index contributed by atoms with van der Waals surface area (Å²) in [6.45, 7) is 0. The quantitative estimate of drug-likeness (QED) is 0.894. The zero-order valence-corrected chi connectivity index (χ0v) is 11.1. The number of hydrogen-bond acceptors (Lipinski definition) is 3. The summed E-state index contributed by atoms with van der Waals surface area (Å²) in [5, 5.41) is 0. The largest absolute Gasteiger partial charge is 0.341 e. The van der Waals surface area contributed by atoms with Gasteiger partial charge in [-0.15, -0.1) is 0 Å². The summed E-state index contributed by atoms with van der Waals surface area (Å²) in [5.41, 5.74) is 8.03. The second kappa shape index (κ2) is 4.07. The van der Waals surface area contributed by atoms with Crippen molar-refractivity contribution in [1.29, 1.82) is 0 Å². The number of fused-ring (bicyclic) bond motifs is 1. The summed E-state index contributed by atoms with van der Waals surface area (Å²) in [6, 6.07) is 2.00. The molecule has 0 aromatic carbocycles. The van der Waals surface area contributed by atoms with Gasteiger partial charge in [-0.1, -0.05) is 12.8 Å². The number of nitrogens with one attached hydrogen (secondary N) is 1. The Kier molecular flexibility index (Phi) is 2.67. The molecule has 0 amide bonds. The molecule has 0 saturated heterocycles. The lowest BCUT2D eigenvalue weighted by Gasteiger charge is -2.21. The van der Waals surface area contributed by atoms with Gasteiger partial charge in [0.25, 0.3) is 0 Å². The molecule has 0 spiro atoms. The number of aromatic nitrogens is 3. The molecule has 2 heterocycles. The lowest BCUT2D eigenvalue weighted by molar-refractivity contribution is 0.428. The van der Waals surface area contributed by atoms with Crippen LogP contribution in [0.4, 0.5) is 0 Å². The lowest BCUT2D eigenvalue weighted by Crippen LogP contribution is -2.39. The van der Waals surface area contributed by atoms with Crippen LogP contribution in [-0.2, 0) is 6.42 Å². The van der Waals surface area contributed by atoms with E-state index in [9.17, 15) is 0 Å². The van der Waals surface area contributed by atoms with E-state index >= 15 is 0 Å². The van der Waals surface area contributed by atoms with Crippen LogP contribution in [0.2, 0.25) is 0 Å². The van der Waals surface area contributed by atoms with Crippen LogP contribution in [0.25, 0.3) is 11.2 Å². The van der Waals surface area contributed by atoms with Crippen molar-refractivity contribution in [1.82, 2.24) is 15.0 Å². The molecule has 5 heteroatoms. The molecule has 1 aliphatic rings. The van der Waals surface area contributed by atoms with Gasteiger partial charge in [-0.25, -0.2) is 9.97 Å². The number of imidazole rings is 1. The Morgan fingerprint density at radius 2 is 2.18 bits per heavy atom. The molecule has 4 nitrogen and oxygen atoms in total. The maximum absolute atomic E-state index is 6.35. The Bertz CT molecular complexity index is 542. The minimum atomic E-state index is -0.0644. The SMILES string of the molecule is NC1(Cc2nc3ncc(Br)cc3[nH]2)CCCC1. The molecule has 0 aliphatic heterocycles. The van der Waals surface area contributed by atoms with Gasteiger partial charge in [0.2, 0.25) is 0 Å². The van der Waals surface area contributed by atoms with E-state index in [1.165, 1.54) is 12.8 Å². The molecule has 1 saturated carbocycles. The number of halogens is 1. The third kappa shape index (κ3) is 2.21. The Morgan fingerprint density at radius 1 is 1.41 bits per heavy atom. The third-order valence-corrected chi connectivity index (χ3v) is 3.91. The second-order valence-electron chi connectivity index (χ2n) is 4.95. The molecule has 90 valence electrons. The number of nitrogens with zero attached hydrogens (tertiary/aromatic N) is 2. The molecule has 1 fully saturated rings. The van der Waals surface area contributed by atoms with Gasteiger partial charge in [0.1, 0.15) is 5.82 Å². The van der Waals surface area contributed by atoms with Crippen molar-refractivity contribution in [2.45, 2.75) is 37.6 Å². The fourth-order valence-corrected chi connectivity index (χ4v) is 2.93. The number of nitrogens with two attached hydrogens (primary N) is 1. The molecule has 0 radical (unpaired) electrons. The molecule has 2 aromatic rings. The second-order valence-corrected chi connectivity index (χ2v) is 5.87. The monoisotopic (exact) mass is 294 g/mol. The van der Waals surface area contributed by atoms with Crippen LogP contribution in [0.1, 0.15) is 31.5 Å². The summed E-state index contributed by atoms with van der Waals surface area (Å²) >= 11 is 3.41. The molecule has 0 bridgehead atoms. The Labute approximate surface area is 108 Å². The summed E-state index contributed by atoms with van der Waals surface area (Å²) in [7, 11) is 0. The average molecular weight is 295 g/mol. The van der Waals surface area contributed by atoms with Gasteiger partial charge in [0, 0.05) is 22.6 Å². The first-order valence-corrected chi connectivity index (χ1v) is 6.73.